The molecule has 0 spiro atoms. The third-order valence-electron chi connectivity index (χ3n) is 0.499. The first-order valence-corrected chi connectivity index (χ1v) is 5.09. The van der Waals surface area contributed by atoms with Crippen LogP contribution in [-0.2, 0) is 20.5 Å². The van der Waals surface area contributed by atoms with Gasteiger partial charge in [0, 0.05) is 15.1 Å². The normalized spacial score (nSPS) is 13.9. The molecule has 0 N–H and O–H groups in total. The van der Waals surface area contributed by atoms with Crippen molar-refractivity contribution in [1.82, 2.24) is 0 Å². The SMILES string of the molecule is O=[SH](=S)CCCS. The van der Waals surface area contributed by atoms with Crippen LogP contribution in [0.15, 0.2) is 0 Å². The van der Waals surface area contributed by atoms with Gasteiger partial charge in [0.2, 0.25) is 0 Å². The average Bonchev–Trinajstić information content (AvgIpc) is 1.61. The maximum absolute atomic E-state index is 10.1. The summed E-state index contributed by atoms with van der Waals surface area (Å²) in [5.41, 5.74) is 0. The van der Waals surface area contributed by atoms with Gasteiger partial charge in [-0.15, -0.1) is 0 Å². The molecule has 7 heavy (non-hydrogen) atoms. The number of rotatable bonds is 3. The van der Waals surface area contributed by atoms with Crippen LogP contribution in [0, 0.1) is 0 Å². The summed E-state index contributed by atoms with van der Waals surface area (Å²) in [5.74, 6) is 1.44. The van der Waals surface area contributed by atoms with Crippen LogP contribution in [0.5, 0.6) is 0 Å². The standard InChI is InChI=1S/C3H8OS3/c4-7(6)3-1-2-5/h5,7H,1-3H2. The van der Waals surface area contributed by atoms with Gasteiger partial charge in [-0.05, 0) is 23.4 Å². The molecule has 0 heterocycles. The molecule has 0 amide bonds. The zero-order valence-corrected chi connectivity index (χ0v) is 6.44. The van der Waals surface area contributed by atoms with Crippen molar-refractivity contribution < 1.29 is 4.21 Å². The largest absolute Gasteiger partial charge is 0.260 e. The van der Waals surface area contributed by atoms with Crippen molar-refractivity contribution in [1.29, 1.82) is 0 Å². The molecule has 0 saturated carbocycles. The van der Waals surface area contributed by atoms with E-state index in [2.05, 4.69) is 23.8 Å². The minimum Gasteiger partial charge on any atom is -0.260 e. The Kier molecular flexibility index (Phi) is 5.37. The molecule has 0 bridgehead atoms. The number of thiol groups is 2. The summed E-state index contributed by atoms with van der Waals surface area (Å²) in [6.45, 7) is 0. The molecular weight excluding hydrogens is 148 g/mol. The molecule has 0 aromatic carbocycles. The van der Waals surface area contributed by atoms with Crippen molar-refractivity contribution in [3.05, 3.63) is 0 Å². The Morgan fingerprint density at radius 2 is 2.29 bits per heavy atom. The first kappa shape index (κ1) is 7.72. The molecule has 1 nitrogen and oxygen atoms in total. The van der Waals surface area contributed by atoms with Crippen molar-refractivity contribution in [2.45, 2.75) is 6.42 Å². The van der Waals surface area contributed by atoms with Crippen molar-refractivity contribution in [2.24, 2.45) is 0 Å². The summed E-state index contributed by atoms with van der Waals surface area (Å²) < 4.78 is 10.1. The topological polar surface area (TPSA) is 17.1 Å². The summed E-state index contributed by atoms with van der Waals surface area (Å²) in [6, 6.07) is 0. The Hall–Kier alpha value is 0.720. The molecule has 0 aromatic heterocycles. The van der Waals surface area contributed by atoms with Crippen LogP contribution in [0.4, 0.5) is 0 Å². The Bertz CT molecular complexity index is 88.4. The summed E-state index contributed by atoms with van der Waals surface area (Å²) in [5, 5.41) is 0. The van der Waals surface area contributed by atoms with Crippen LogP contribution in [-0.4, -0.2) is 15.7 Å². The van der Waals surface area contributed by atoms with Gasteiger partial charge in [0.15, 0.2) is 0 Å². The fourth-order valence-corrected chi connectivity index (χ4v) is 1.41. The zero-order chi connectivity index (χ0) is 5.70. The van der Waals surface area contributed by atoms with Gasteiger partial charge in [-0.25, -0.2) is 0 Å². The molecule has 44 valence electrons. The molecule has 0 rings (SSSR count). The van der Waals surface area contributed by atoms with Gasteiger partial charge in [-0.1, -0.05) is 0 Å². The van der Waals surface area contributed by atoms with E-state index in [4.69, 9.17) is 0 Å². The summed E-state index contributed by atoms with van der Waals surface area (Å²) in [6.07, 6.45) is 0.877. The molecule has 0 aliphatic heterocycles. The molecule has 0 fully saturated rings. The van der Waals surface area contributed by atoms with Gasteiger partial charge >= 0.3 is 0 Å². The van der Waals surface area contributed by atoms with Gasteiger partial charge in [-0.2, -0.15) is 12.6 Å². The predicted molar refractivity (Wildman–Crippen MR) is 40.2 cm³/mol. The lowest BCUT2D eigenvalue weighted by molar-refractivity contribution is 0.692. The molecule has 4 heteroatoms. The van der Waals surface area contributed by atoms with E-state index in [0.29, 0.717) is 5.75 Å². The summed E-state index contributed by atoms with van der Waals surface area (Å²) >= 11 is 8.34. The minimum absolute atomic E-state index is 0.647. The second-order valence-electron chi connectivity index (χ2n) is 1.13. The number of hydrogen-bond donors (Lipinski definition) is 2. The third-order valence-corrected chi connectivity index (χ3v) is 2.04. The van der Waals surface area contributed by atoms with Crippen molar-refractivity contribution in [2.75, 3.05) is 11.5 Å². The van der Waals surface area contributed by atoms with Gasteiger partial charge in [0.25, 0.3) is 0 Å². The van der Waals surface area contributed by atoms with Crippen molar-refractivity contribution >= 4 is 33.2 Å². The average molecular weight is 156 g/mol. The summed E-state index contributed by atoms with van der Waals surface area (Å²) in [7, 11) is -1.32. The molecule has 0 saturated heterocycles. The van der Waals surface area contributed by atoms with Crippen LogP contribution < -0.4 is 0 Å². The number of hydrogen-bond acceptors (Lipinski definition) is 3. The lowest BCUT2D eigenvalue weighted by Crippen LogP contribution is -1.85. The molecular formula is C3H8OS3. The van der Waals surface area contributed by atoms with E-state index in [0.717, 1.165) is 12.2 Å². The smallest absolute Gasteiger partial charge is 0.0240 e. The maximum Gasteiger partial charge on any atom is 0.0240 e. The van der Waals surface area contributed by atoms with Crippen LogP contribution in [0.2, 0.25) is 0 Å². The monoisotopic (exact) mass is 156 g/mol. The Labute approximate surface area is 55.6 Å². The highest BCUT2D eigenvalue weighted by atomic mass is 32.8. The third kappa shape index (κ3) is 6.72. The van der Waals surface area contributed by atoms with Crippen LogP contribution in [0.25, 0.3) is 0 Å². The minimum atomic E-state index is -1.32. The first-order chi connectivity index (χ1) is 3.27. The summed E-state index contributed by atoms with van der Waals surface area (Å²) in [4.78, 5) is 0. The molecule has 0 aliphatic rings. The Morgan fingerprint density at radius 1 is 1.71 bits per heavy atom. The van der Waals surface area contributed by atoms with Crippen LogP contribution in [0.3, 0.4) is 0 Å². The van der Waals surface area contributed by atoms with Crippen molar-refractivity contribution in [3.8, 4) is 0 Å². The van der Waals surface area contributed by atoms with Crippen molar-refractivity contribution in [3.63, 3.8) is 0 Å². The van der Waals surface area contributed by atoms with Gasteiger partial charge in [0.05, 0.1) is 0 Å². The zero-order valence-electron chi connectivity index (χ0n) is 3.83. The van der Waals surface area contributed by atoms with Gasteiger partial charge < -0.3 is 0 Å². The highest BCUT2D eigenvalue weighted by molar-refractivity contribution is 8.21. The second-order valence-corrected chi connectivity index (χ2v) is 3.92. The highest BCUT2D eigenvalue weighted by Crippen LogP contribution is 1.81. The molecule has 0 radical (unpaired) electrons. The van der Waals surface area contributed by atoms with Gasteiger partial charge in [0.1, 0.15) is 0 Å². The predicted octanol–water partition coefficient (Wildman–Crippen LogP) is 0.249. The fraction of sp³-hybridized carbons (Fsp3) is 1.00. The Morgan fingerprint density at radius 3 is 2.43 bits per heavy atom. The van der Waals surface area contributed by atoms with Crippen LogP contribution >= 0.6 is 12.6 Å². The highest BCUT2D eigenvalue weighted by Gasteiger charge is 1.79. The van der Waals surface area contributed by atoms with Crippen LogP contribution in [0.1, 0.15) is 6.42 Å². The first-order valence-electron chi connectivity index (χ1n) is 2.00. The lowest BCUT2D eigenvalue weighted by Gasteiger charge is -1.82. The Balaban J connectivity index is 2.98. The molecule has 1 atom stereocenters. The second kappa shape index (κ2) is 4.87. The quantitative estimate of drug-likeness (QED) is 0.570. The van der Waals surface area contributed by atoms with E-state index in [-0.39, 0.29) is 0 Å². The lowest BCUT2D eigenvalue weighted by atomic mass is 10.6. The molecule has 0 aromatic rings. The molecule has 0 aliphatic carbocycles. The van der Waals surface area contributed by atoms with E-state index in [9.17, 15) is 4.21 Å². The van der Waals surface area contributed by atoms with E-state index < -0.39 is 9.36 Å². The van der Waals surface area contributed by atoms with E-state index in [1.165, 1.54) is 0 Å². The van der Waals surface area contributed by atoms with E-state index in [1.807, 2.05) is 0 Å². The van der Waals surface area contributed by atoms with Gasteiger partial charge in [-0.3, -0.25) is 4.21 Å². The van der Waals surface area contributed by atoms with E-state index >= 15 is 0 Å². The molecule has 1 unspecified atom stereocenters. The van der Waals surface area contributed by atoms with E-state index in [1.54, 1.807) is 0 Å². The maximum atomic E-state index is 10.1. The fourth-order valence-electron chi connectivity index (χ4n) is 0.200.